The van der Waals surface area contributed by atoms with Crippen molar-refractivity contribution in [2.45, 2.75) is 26.7 Å². The highest BCUT2D eigenvalue weighted by Crippen LogP contribution is 2.26. The molecule has 0 aromatic heterocycles. The third kappa shape index (κ3) is 4.47. The van der Waals surface area contributed by atoms with Crippen molar-refractivity contribution < 1.29 is 19.1 Å². The van der Waals surface area contributed by atoms with E-state index in [9.17, 15) is 14.4 Å². The van der Waals surface area contributed by atoms with E-state index in [4.69, 9.17) is 4.74 Å². The molecule has 0 radical (unpaired) electrons. The van der Waals surface area contributed by atoms with Gasteiger partial charge >= 0.3 is 0 Å². The highest BCUT2D eigenvalue weighted by Gasteiger charge is 2.35. The van der Waals surface area contributed by atoms with Gasteiger partial charge in [0.25, 0.3) is 0 Å². The van der Waals surface area contributed by atoms with Crippen LogP contribution in [0, 0.1) is 11.8 Å². The van der Waals surface area contributed by atoms with Crippen LogP contribution in [0.4, 0.5) is 5.69 Å². The van der Waals surface area contributed by atoms with E-state index in [1.165, 1.54) is 0 Å². The number of ether oxygens (including phenoxy) is 1. The van der Waals surface area contributed by atoms with Crippen LogP contribution >= 0.6 is 0 Å². The van der Waals surface area contributed by atoms with Gasteiger partial charge < -0.3 is 9.64 Å². The quantitative estimate of drug-likeness (QED) is 0.794. The molecule has 2 N–H and O–H groups in total. The number of nitrogens with zero attached hydrogens (tertiary/aromatic N) is 1. The van der Waals surface area contributed by atoms with E-state index in [0.717, 1.165) is 5.69 Å². The van der Waals surface area contributed by atoms with Gasteiger partial charge in [0.1, 0.15) is 5.75 Å². The van der Waals surface area contributed by atoms with Crippen molar-refractivity contribution in [2.24, 2.45) is 11.8 Å². The maximum Gasteiger partial charge on any atom is 0.243 e. The first-order valence-corrected chi connectivity index (χ1v) is 7.93. The van der Waals surface area contributed by atoms with Crippen LogP contribution in [-0.4, -0.2) is 31.4 Å². The van der Waals surface area contributed by atoms with Gasteiger partial charge in [0, 0.05) is 25.1 Å². The van der Waals surface area contributed by atoms with Gasteiger partial charge in [-0.25, -0.2) is 0 Å². The lowest BCUT2D eigenvalue weighted by atomic mass is 10.1. The summed E-state index contributed by atoms with van der Waals surface area (Å²) in [6, 6.07) is 7.09. The molecule has 1 aromatic carbocycles. The average molecular weight is 333 g/mol. The maximum atomic E-state index is 12.2. The summed E-state index contributed by atoms with van der Waals surface area (Å²) < 4.78 is 5.09. The van der Waals surface area contributed by atoms with Crippen LogP contribution in [0.1, 0.15) is 26.7 Å². The number of hydrogen-bond donors (Lipinski definition) is 2. The van der Waals surface area contributed by atoms with Gasteiger partial charge in [0.15, 0.2) is 0 Å². The predicted molar refractivity (Wildman–Crippen MR) is 89.2 cm³/mol. The highest BCUT2D eigenvalue weighted by molar-refractivity contribution is 6.00. The van der Waals surface area contributed by atoms with Crippen LogP contribution in [-0.2, 0) is 14.4 Å². The van der Waals surface area contributed by atoms with Crippen LogP contribution in [0.5, 0.6) is 5.75 Å². The number of carbonyl (C=O) groups is 3. The zero-order chi connectivity index (χ0) is 17.7. The number of hydrogen-bond acceptors (Lipinski definition) is 4. The van der Waals surface area contributed by atoms with Gasteiger partial charge in [-0.1, -0.05) is 13.8 Å². The van der Waals surface area contributed by atoms with Gasteiger partial charge in [0.05, 0.1) is 13.0 Å². The molecular weight excluding hydrogens is 310 g/mol. The average Bonchev–Trinajstić information content (AvgIpc) is 2.94. The Kier molecular flexibility index (Phi) is 5.78. The van der Waals surface area contributed by atoms with Gasteiger partial charge in [-0.15, -0.1) is 0 Å². The Labute approximate surface area is 141 Å². The molecule has 1 atom stereocenters. The van der Waals surface area contributed by atoms with Crippen LogP contribution in [0.25, 0.3) is 0 Å². The van der Waals surface area contributed by atoms with Crippen molar-refractivity contribution in [3.8, 4) is 5.75 Å². The fourth-order valence-electron chi connectivity index (χ4n) is 2.55. The summed E-state index contributed by atoms with van der Waals surface area (Å²) in [6.07, 6.45) is 0.458. The molecule has 3 amide bonds. The molecule has 1 unspecified atom stereocenters. The predicted octanol–water partition coefficient (Wildman–Crippen LogP) is 1.24. The lowest BCUT2D eigenvalue weighted by molar-refractivity contribution is -0.131. The van der Waals surface area contributed by atoms with Gasteiger partial charge in [0.2, 0.25) is 17.7 Å². The van der Waals surface area contributed by atoms with Crippen molar-refractivity contribution in [3.05, 3.63) is 24.3 Å². The molecule has 1 fully saturated rings. The molecule has 130 valence electrons. The SMILES string of the molecule is COc1ccc(N2CC(C(=O)NNC(=O)CC(C)C)CC2=O)cc1. The molecule has 0 saturated carbocycles. The van der Waals surface area contributed by atoms with E-state index < -0.39 is 5.92 Å². The van der Waals surface area contributed by atoms with E-state index in [2.05, 4.69) is 10.9 Å². The zero-order valence-corrected chi connectivity index (χ0v) is 14.2. The summed E-state index contributed by atoms with van der Waals surface area (Å²) in [5.41, 5.74) is 5.52. The Balaban J connectivity index is 1.91. The molecule has 1 heterocycles. The fraction of sp³-hybridized carbons (Fsp3) is 0.471. The molecule has 1 aliphatic rings. The molecule has 2 rings (SSSR count). The number of rotatable bonds is 5. The Morgan fingerprint density at radius 3 is 2.50 bits per heavy atom. The Morgan fingerprint density at radius 2 is 1.92 bits per heavy atom. The molecule has 24 heavy (non-hydrogen) atoms. The van der Waals surface area contributed by atoms with Crippen LogP contribution in [0.2, 0.25) is 0 Å². The number of methoxy groups -OCH3 is 1. The van der Waals surface area contributed by atoms with Crippen molar-refractivity contribution in [2.75, 3.05) is 18.6 Å². The number of benzene rings is 1. The number of hydrazine groups is 1. The minimum atomic E-state index is -0.487. The Hall–Kier alpha value is -2.57. The van der Waals surface area contributed by atoms with Crippen LogP contribution in [0.15, 0.2) is 24.3 Å². The largest absolute Gasteiger partial charge is 0.497 e. The number of nitrogens with one attached hydrogen (secondary N) is 2. The summed E-state index contributed by atoms with van der Waals surface area (Å²) >= 11 is 0. The van der Waals surface area contributed by atoms with E-state index in [1.807, 2.05) is 13.8 Å². The minimum Gasteiger partial charge on any atom is -0.497 e. The molecule has 0 aliphatic carbocycles. The first kappa shape index (κ1) is 17.8. The molecule has 7 nitrogen and oxygen atoms in total. The second-order valence-corrected chi connectivity index (χ2v) is 6.24. The standard InChI is InChI=1S/C17H23N3O4/c1-11(2)8-15(21)18-19-17(23)12-9-16(22)20(10-12)13-4-6-14(24-3)7-5-13/h4-7,11-12H,8-10H2,1-3H3,(H,18,21)(H,19,23). The molecule has 7 heteroatoms. The van der Waals surface area contributed by atoms with E-state index in [0.29, 0.717) is 12.2 Å². The topological polar surface area (TPSA) is 87.7 Å². The normalized spacial score (nSPS) is 17.1. The molecule has 1 aromatic rings. The first-order valence-electron chi connectivity index (χ1n) is 7.93. The third-order valence-electron chi connectivity index (χ3n) is 3.80. The van der Waals surface area contributed by atoms with Crippen LogP contribution < -0.4 is 20.5 Å². The second-order valence-electron chi connectivity index (χ2n) is 6.24. The lowest BCUT2D eigenvalue weighted by Gasteiger charge is -2.17. The summed E-state index contributed by atoms with van der Waals surface area (Å²) in [6.45, 7) is 4.13. The summed E-state index contributed by atoms with van der Waals surface area (Å²) in [7, 11) is 1.57. The van der Waals surface area contributed by atoms with Gasteiger partial charge in [-0.05, 0) is 30.2 Å². The number of anilines is 1. The number of amides is 3. The first-order chi connectivity index (χ1) is 11.4. The molecule has 0 spiro atoms. The maximum absolute atomic E-state index is 12.2. The van der Waals surface area contributed by atoms with Crippen molar-refractivity contribution in [1.29, 1.82) is 0 Å². The lowest BCUT2D eigenvalue weighted by Crippen LogP contribution is -2.45. The Morgan fingerprint density at radius 1 is 1.25 bits per heavy atom. The highest BCUT2D eigenvalue weighted by atomic mass is 16.5. The molecule has 1 saturated heterocycles. The minimum absolute atomic E-state index is 0.117. The van der Waals surface area contributed by atoms with Crippen molar-refractivity contribution >= 4 is 23.4 Å². The van der Waals surface area contributed by atoms with Crippen molar-refractivity contribution in [3.63, 3.8) is 0 Å². The van der Waals surface area contributed by atoms with Gasteiger partial charge in [-0.3, -0.25) is 25.2 Å². The number of carbonyl (C=O) groups excluding carboxylic acids is 3. The smallest absolute Gasteiger partial charge is 0.243 e. The summed E-state index contributed by atoms with van der Waals surface area (Å²) in [5, 5.41) is 0. The van der Waals surface area contributed by atoms with Crippen molar-refractivity contribution in [1.82, 2.24) is 10.9 Å². The third-order valence-corrected chi connectivity index (χ3v) is 3.80. The molecule has 1 aliphatic heterocycles. The monoisotopic (exact) mass is 333 g/mol. The molecular formula is C17H23N3O4. The second kappa shape index (κ2) is 7.81. The van der Waals surface area contributed by atoms with Gasteiger partial charge in [-0.2, -0.15) is 0 Å². The fourth-order valence-corrected chi connectivity index (χ4v) is 2.55. The Bertz CT molecular complexity index is 613. The summed E-state index contributed by atoms with van der Waals surface area (Å²) in [4.78, 5) is 37.4. The van der Waals surface area contributed by atoms with Crippen LogP contribution in [0.3, 0.4) is 0 Å². The molecule has 0 bridgehead atoms. The zero-order valence-electron chi connectivity index (χ0n) is 14.2. The van der Waals surface area contributed by atoms with E-state index >= 15 is 0 Å². The summed E-state index contributed by atoms with van der Waals surface area (Å²) in [5.74, 6) is -0.285. The van der Waals surface area contributed by atoms with E-state index in [1.54, 1.807) is 36.3 Å². The van der Waals surface area contributed by atoms with E-state index in [-0.39, 0.29) is 36.6 Å².